The van der Waals surface area contributed by atoms with Crippen molar-refractivity contribution >= 4 is 0 Å². The molecular formula is C18H35N. The Bertz CT molecular complexity index is 204. The van der Waals surface area contributed by atoms with E-state index in [1.165, 1.54) is 77.0 Å². The standard InChI is InChI=1S/C18H35N/c1-3-5-6-7-8-9-10-11-15-18(14-4-2)16-12-13-17-19/h18H,3-16H2,1-2H3. The van der Waals surface area contributed by atoms with Crippen LogP contribution in [-0.4, -0.2) is 0 Å². The molecule has 0 aliphatic rings. The quantitative estimate of drug-likeness (QED) is 0.323. The first-order valence-corrected chi connectivity index (χ1v) is 8.72. The van der Waals surface area contributed by atoms with Gasteiger partial charge < -0.3 is 0 Å². The van der Waals surface area contributed by atoms with Gasteiger partial charge in [-0.15, -0.1) is 0 Å². The fourth-order valence-corrected chi connectivity index (χ4v) is 2.88. The van der Waals surface area contributed by atoms with Gasteiger partial charge in [0.25, 0.3) is 0 Å². The number of hydrogen-bond acceptors (Lipinski definition) is 1. The molecule has 0 aromatic heterocycles. The molecule has 0 aromatic carbocycles. The number of nitriles is 1. The average Bonchev–Trinajstić information content (AvgIpc) is 2.42. The maximum atomic E-state index is 8.59. The molecule has 0 amide bonds. The Morgan fingerprint density at radius 1 is 0.684 bits per heavy atom. The molecule has 0 aliphatic heterocycles. The highest BCUT2D eigenvalue weighted by Gasteiger charge is 2.07. The van der Waals surface area contributed by atoms with Gasteiger partial charge in [-0.3, -0.25) is 0 Å². The van der Waals surface area contributed by atoms with Crippen LogP contribution in [0, 0.1) is 17.2 Å². The molecule has 0 saturated carbocycles. The minimum atomic E-state index is 0.748. The molecule has 0 saturated heterocycles. The number of unbranched alkanes of at least 4 members (excludes halogenated alkanes) is 8. The van der Waals surface area contributed by atoms with Gasteiger partial charge in [-0.05, 0) is 18.8 Å². The molecule has 1 heteroatoms. The summed E-state index contributed by atoms with van der Waals surface area (Å²) < 4.78 is 0. The largest absolute Gasteiger partial charge is 0.198 e. The second kappa shape index (κ2) is 15.5. The lowest BCUT2D eigenvalue weighted by atomic mass is 9.91. The van der Waals surface area contributed by atoms with Crippen molar-refractivity contribution in [2.24, 2.45) is 5.92 Å². The van der Waals surface area contributed by atoms with Crippen molar-refractivity contribution < 1.29 is 0 Å². The van der Waals surface area contributed by atoms with Crippen molar-refractivity contribution in [2.75, 3.05) is 0 Å². The molecule has 0 spiro atoms. The predicted molar refractivity (Wildman–Crippen MR) is 85.1 cm³/mol. The van der Waals surface area contributed by atoms with Crippen molar-refractivity contribution in [1.82, 2.24) is 0 Å². The molecule has 0 aliphatic carbocycles. The van der Waals surface area contributed by atoms with Gasteiger partial charge in [0.2, 0.25) is 0 Å². The summed E-state index contributed by atoms with van der Waals surface area (Å²) in [5, 5.41) is 8.59. The van der Waals surface area contributed by atoms with Gasteiger partial charge in [0.1, 0.15) is 0 Å². The smallest absolute Gasteiger partial charge is 0.0621 e. The third-order valence-corrected chi connectivity index (χ3v) is 4.06. The van der Waals surface area contributed by atoms with Crippen LogP contribution in [0.1, 0.15) is 104 Å². The Morgan fingerprint density at radius 3 is 1.84 bits per heavy atom. The maximum Gasteiger partial charge on any atom is 0.0621 e. The van der Waals surface area contributed by atoms with Crippen LogP contribution in [0.5, 0.6) is 0 Å². The third-order valence-electron chi connectivity index (χ3n) is 4.06. The van der Waals surface area contributed by atoms with E-state index in [2.05, 4.69) is 19.9 Å². The van der Waals surface area contributed by atoms with Crippen LogP contribution in [0.15, 0.2) is 0 Å². The van der Waals surface area contributed by atoms with Crippen LogP contribution in [0.3, 0.4) is 0 Å². The van der Waals surface area contributed by atoms with Gasteiger partial charge in [-0.2, -0.15) is 5.26 Å². The summed E-state index contributed by atoms with van der Waals surface area (Å²) in [7, 11) is 0. The molecule has 19 heavy (non-hydrogen) atoms. The first-order valence-electron chi connectivity index (χ1n) is 8.72. The highest BCUT2D eigenvalue weighted by molar-refractivity contribution is 4.70. The molecule has 112 valence electrons. The summed E-state index contributed by atoms with van der Waals surface area (Å²) in [6, 6.07) is 2.27. The van der Waals surface area contributed by atoms with E-state index in [-0.39, 0.29) is 0 Å². The van der Waals surface area contributed by atoms with Crippen LogP contribution in [0.4, 0.5) is 0 Å². The van der Waals surface area contributed by atoms with Crippen molar-refractivity contribution in [3.05, 3.63) is 0 Å². The molecule has 0 heterocycles. The van der Waals surface area contributed by atoms with E-state index in [4.69, 9.17) is 5.26 Å². The lowest BCUT2D eigenvalue weighted by Crippen LogP contribution is -2.00. The Hall–Kier alpha value is -0.510. The molecule has 0 fully saturated rings. The molecule has 1 atom stereocenters. The van der Waals surface area contributed by atoms with Gasteiger partial charge in [0, 0.05) is 6.42 Å². The molecule has 1 nitrogen and oxygen atoms in total. The van der Waals surface area contributed by atoms with Crippen molar-refractivity contribution in [1.29, 1.82) is 5.26 Å². The van der Waals surface area contributed by atoms with Crippen molar-refractivity contribution in [3.8, 4) is 6.07 Å². The second-order valence-corrected chi connectivity index (χ2v) is 5.97. The fraction of sp³-hybridized carbons (Fsp3) is 0.944. The second-order valence-electron chi connectivity index (χ2n) is 5.97. The van der Waals surface area contributed by atoms with Crippen molar-refractivity contribution in [3.63, 3.8) is 0 Å². The summed E-state index contributed by atoms with van der Waals surface area (Å²) in [5.74, 6) is 0.887. The van der Waals surface area contributed by atoms with Gasteiger partial charge >= 0.3 is 0 Å². The monoisotopic (exact) mass is 265 g/mol. The number of rotatable bonds is 14. The molecule has 0 N–H and O–H groups in total. The van der Waals surface area contributed by atoms with E-state index >= 15 is 0 Å². The van der Waals surface area contributed by atoms with E-state index in [0.29, 0.717) is 0 Å². The minimum Gasteiger partial charge on any atom is -0.198 e. The molecule has 0 radical (unpaired) electrons. The average molecular weight is 265 g/mol. The predicted octanol–water partition coefficient (Wildman–Crippen LogP) is 6.63. The van der Waals surface area contributed by atoms with E-state index in [0.717, 1.165) is 18.8 Å². The van der Waals surface area contributed by atoms with Gasteiger partial charge in [-0.1, -0.05) is 84.5 Å². The summed E-state index contributed by atoms with van der Waals surface area (Å²) in [6.07, 6.45) is 18.5. The van der Waals surface area contributed by atoms with E-state index < -0.39 is 0 Å². The first-order chi connectivity index (χ1) is 9.35. The van der Waals surface area contributed by atoms with Crippen LogP contribution >= 0.6 is 0 Å². The summed E-state index contributed by atoms with van der Waals surface area (Å²) >= 11 is 0. The molecule has 0 rings (SSSR count). The topological polar surface area (TPSA) is 23.8 Å². The Labute approximate surface area is 121 Å². The zero-order valence-electron chi connectivity index (χ0n) is 13.4. The maximum absolute atomic E-state index is 8.59. The normalized spacial score (nSPS) is 12.3. The zero-order valence-corrected chi connectivity index (χ0v) is 13.4. The first kappa shape index (κ1) is 18.5. The van der Waals surface area contributed by atoms with E-state index in [9.17, 15) is 0 Å². The lowest BCUT2D eigenvalue weighted by molar-refractivity contribution is 0.386. The zero-order chi connectivity index (χ0) is 14.2. The van der Waals surface area contributed by atoms with Gasteiger partial charge in [-0.25, -0.2) is 0 Å². The Balaban J connectivity index is 3.40. The van der Waals surface area contributed by atoms with Crippen LogP contribution in [0.25, 0.3) is 0 Å². The minimum absolute atomic E-state index is 0.748. The van der Waals surface area contributed by atoms with Gasteiger partial charge in [0.05, 0.1) is 6.07 Å². The van der Waals surface area contributed by atoms with Crippen molar-refractivity contribution in [2.45, 2.75) is 104 Å². The van der Waals surface area contributed by atoms with Crippen LogP contribution < -0.4 is 0 Å². The van der Waals surface area contributed by atoms with E-state index in [1.54, 1.807) is 0 Å². The van der Waals surface area contributed by atoms with Crippen LogP contribution in [-0.2, 0) is 0 Å². The Morgan fingerprint density at radius 2 is 1.26 bits per heavy atom. The Kier molecular flexibility index (Phi) is 15.1. The number of nitrogens with zero attached hydrogens (tertiary/aromatic N) is 1. The number of hydrogen-bond donors (Lipinski definition) is 0. The summed E-state index contributed by atoms with van der Waals surface area (Å²) in [5.41, 5.74) is 0. The summed E-state index contributed by atoms with van der Waals surface area (Å²) in [6.45, 7) is 4.56. The fourth-order valence-electron chi connectivity index (χ4n) is 2.88. The highest BCUT2D eigenvalue weighted by Crippen LogP contribution is 2.22. The molecule has 0 aromatic rings. The summed E-state index contributed by atoms with van der Waals surface area (Å²) in [4.78, 5) is 0. The highest BCUT2D eigenvalue weighted by atomic mass is 14.2. The lowest BCUT2D eigenvalue weighted by Gasteiger charge is -2.15. The molecule has 0 bridgehead atoms. The van der Waals surface area contributed by atoms with E-state index in [1.807, 2.05) is 0 Å². The third kappa shape index (κ3) is 13.7. The van der Waals surface area contributed by atoms with Gasteiger partial charge in [0.15, 0.2) is 0 Å². The SMILES string of the molecule is CCCCCCCCCCC(CCC)CCCC#N. The van der Waals surface area contributed by atoms with Crippen LogP contribution in [0.2, 0.25) is 0 Å². The molecular weight excluding hydrogens is 230 g/mol. The molecule has 1 unspecified atom stereocenters.